The molecular formula is C19H21F2N3O. The van der Waals surface area contributed by atoms with Crippen molar-refractivity contribution in [3.8, 4) is 0 Å². The largest absolute Gasteiger partial charge is 0.326 e. The SMILES string of the molecule is CC(C(=O)Nc1ccc(F)cc1F)N1C[C@@H](N)[C@H](c2ccccc2)C1. The Kier molecular flexibility index (Phi) is 5.11. The average Bonchev–Trinajstić information content (AvgIpc) is 2.99. The minimum absolute atomic E-state index is 0.0265. The molecule has 1 amide bonds. The van der Waals surface area contributed by atoms with E-state index in [1.165, 1.54) is 6.07 Å². The summed E-state index contributed by atoms with van der Waals surface area (Å²) in [5.41, 5.74) is 7.38. The minimum Gasteiger partial charge on any atom is -0.326 e. The molecule has 6 heteroatoms. The van der Waals surface area contributed by atoms with Crippen LogP contribution in [0.4, 0.5) is 14.5 Å². The molecule has 2 aromatic carbocycles. The number of carbonyl (C=O) groups excluding carboxylic acids is 1. The number of nitrogens with zero attached hydrogens (tertiary/aromatic N) is 1. The molecule has 132 valence electrons. The lowest BCUT2D eigenvalue weighted by Gasteiger charge is -2.23. The van der Waals surface area contributed by atoms with Gasteiger partial charge in [-0.3, -0.25) is 9.69 Å². The lowest BCUT2D eigenvalue weighted by molar-refractivity contribution is -0.120. The van der Waals surface area contributed by atoms with Crippen LogP contribution in [0.3, 0.4) is 0 Å². The van der Waals surface area contributed by atoms with Crippen LogP contribution in [-0.2, 0) is 4.79 Å². The van der Waals surface area contributed by atoms with Gasteiger partial charge in [0, 0.05) is 31.1 Å². The number of hydrogen-bond acceptors (Lipinski definition) is 3. The summed E-state index contributed by atoms with van der Waals surface area (Å²) in [7, 11) is 0. The van der Waals surface area contributed by atoms with E-state index in [-0.39, 0.29) is 23.6 Å². The molecule has 3 rings (SSSR count). The predicted octanol–water partition coefficient (Wildman–Crippen LogP) is 2.72. The zero-order valence-corrected chi connectivity index (χ0v) is 14.0. The number of anilines is 1. The van der Waals surface area contributed by atoms with Gasteiger partial charge in [-0.05, 0) is 24.6 Å². The molecule has 2 aromatic rings. The monoisotopic (exact) mass is 345 g/mol. The fourth-order valence-corrected chi connectivity index (χ4v) is 3.22. The van der Waals surface area contributed by atoms with Gasteiger partial charge in [0.05, 0.1) is 11.7 Å². The van der Waals surface area contributed by atoms with E-state index in [1.807, 2.05) is 35.2 Å². The molecule has 0 aliphatic carbocycles. The molecule has 0 bridgehead atoms. The Morgan fingerprint density at radius 2 is 1.92 bits per heavy atom. The molecule has 0 spiro atoms. The normalized spacial score (nSPS) is 21.9. The van der Waals surface area contributed by atoms with Gasteiger partial charge >= 0.3 is 0 Å². The van der Waals surface area contributed by atoms with Gasteiger partial charge in [-0.15, -0.1) is 0 Å². The summed E-state index contributed by atoms with van der Waals surface area (Å²) in [6.45, 7) is 3.00. The fourth-order valence-electron chi connectivity index (χ4n) is 3.22. The molecule has 3 N–H and O–H groups in total. The van der Waals surface area contributed by atoms with E-state index in [0.717, 1.165) is 17.7 Å². The molecule has 1 aliphatic heterocycles. The Hall–Kier alpha value is -2.31. The molecule has 0 aromatic heterocycles. The maximum absolute atomic E-state index is 13.7. The van der Waals surface area contributed by atoms with Crippen LogP contribution >= 0.6 is 0 Å². The average molecular weight is 345 g/mol. The first-order valence-corrected chi connectivity index (χ1v) is 8.26. The summed E-state index contributed by atoms with van der Waals surface area (Å²) in [5, 5.41) is 2.52. The Labute approximate surface area is 145 Å². The highest BCUT2D eigenvalue weighted by molar-refractivity contribution is 5.94. The first-order chi connectivity index (χ1) is 12.0. The van der Waals surface area contributed by atoms with Gasteiger partial charge in [0.25, 0.3) is 0 Å². The fraction of sp³-hybridized carbons (Fsp3) is 0.316. The standard InChI is InChI=1S/C19H21F2N3O/c1-12(19(25)23-18-8-7-14(20)9-16(18)21)24-10-15(17(22)11-24)13-5-3-2-4-6-13/h2-9,12,15,17H,10-11,22H2,1H3,(H,23,25)/t12?,15-,17+/m0/s1. The highest BCUT2D eigenvalue weighted by Gasteiger charge is 2.35. The summed E-state index contributed by atoms with van der Waals surface area (Å²) < 4.78 is 26.7. The Morgan fingerprint density at radius 1 is 1.20 bits per heavy atom. The molecule has 1 heterocycles. The number of halogens is 2. The first-order valence-electron chi connectivity index (χ1n) is 8.26. The van der Waals surface area contributed by atoms with Crippen molar-refractivity contribution >= 4 is 11.6 Å². The quantitative estimate of drug-likeness (QED) is 0.896. The summed E-state index contributed by atoms with van der Waals surface area (Å²) in [4.78, 5) is 14.4. The van der Waals surface area contributed by atoms with Gasteiger partial charge in [-0.25, -0.2) is 8.78 Å². The molecule has 1 unspecified atom stereocenters. The van der Waals surface area contributed by atoms with E-state index in [1.54, 1.807) is 6.92 Å². The predicted molar refractivity (Wildman–Crippen MR) is 93.2 cm³/mol. The summed E-state index contributed by atoms with van der Waals surface area (Å²) in [6, 6.07) is 12.5. The van der Waals surface area contributed by atoms with Crippen molar-refractivity contribution in [2.24, 2.45) is 5.73 Å². The van der Waals surface area contributed by atoms with E-state index in [4.69, 9.17) is 5.73 Å². The highest BCUT2D eigenvalue weighted by atomic mass is 19.1. The maximum Gasteiger partial charge on any atom is 0.241 e. The van der Waals surface area contributed by atoms with Crippen LogP contribution in [0, 0.1) is 11.6 Å². The molecule has 0 radical (unpaired) electrons. The highest BCUT2D eigenvalue weighted by Crippen LogP contribution is 2.28. The van der Waals surface area contributed by atoms with Crippen molar-refractivity contribution in [2.75, 3.05) is 18.4 Å². The molecule has 3 atom stereocenters. The number of nitrogens with two attached hydrogens (primary N) is 1. The van der Waals surface area contributed by atoms with Crippen molar-refractivity contribution in [2.45, 2.75) is 24.9 Å². The first kappa shape index (κ1) is 17.5. The van der Waals surface area contributed by atoms with Gasteiger partial charge in [0.2, 0.25) is 5.91 Å². The van der Waals surface area contributed by atoms with Gasteiger partial charge in [-0.1, -0.05) is 30.3 Å². The molecule has 4 nitrogen and oxygen atoms in total. The van der Waals surface area contributed by atoms with Crippen LogP contribution in [0.1, 0.15) is 18.4 Å². The van der Waals surface area contributed by atoms with Crippen LogP contribution < -0.4 is 11.1 Å². The third-order valence-electron chi connectivity index (χ3n) is 4.74. The second-order valence-corrected chi connectivity index (χ2v) is 6.42. The third kappa shape index (κ3) is 3.86. The van der Waals surface area contributed by atoms with Crippen LogP contribution in [0.15, 0.2) is 48.5 Å². The minimum atomic E-state index is -0.791. The maximum atomic E-state index is 13.7. The van der Waals surface area contributed by atoms with Crippen LogP contribution in [-0.4, -0.2) is 36.0 Å². The van der Waals surface area contributed by atoms with E-state index in [0.29, 0.717) is 13.1 Å². The topological polar surface area (TPSA) is 58.4 Å². The van der Waals surface area contributed by atoms with Crippen LogP contribution in [0.25, 0.3) is 0 Å². The van der Waals surface area contributed by atoms with Crippen LogP contribution in [0.2, 0.25) is 0 Å². The number of likely N-dealkylation sites (tertiary alicyclic amines) is 1. The van der Waals surface area contributed by atoms with E-state index < -0.39 is 17.7 Å². The van der Waals surface area contributed by atoms with Crippen molar-refractivity contribution in [3.63, 3.8) is 0 Å². The molecule has 1 aliphatic rings. The van der Waals surface area contributed by atoms with E-state index >= 15 is 0 Å². The Bertz CT molecular complexity index is 754. The number of hydrogen-bond donors (Lipinski definition) is 2. The molecule has 1 saturated heterocycles. The van der Waals surface area contributed by atoms with Crippen molar-refractivity contribution in [1.82, 2.24) is 4.90 Å². The molecular weight excluding hydrogens is 324 g/mol. The van der Waals surface area contributed by atoms with Gasteiger partial charge in [0.15, 0.2) is 0 Å². The van der Waals surface area contributed by atoms with Crippen molar-refractivity contribution < 1.29 is 13.6 Å². The van der Waals surface area contributed by atoms with Crippen molar-refractivity contribution in [3.05, 3.63) is 65.7 Å². The van der Waals surface area contributed by atoms with E-state index in [9.17, 15) is 13.6 Å². The summed E-state index contributed by atoms with van der Waals surface area (Å²) in [5.74, 6) is -1.66. The summed E-state index contributed by atoms with van der Waals surface area (Å²) >= 11 is 0. The lowest BCUT2D eigenvalue weighted by atomic mass is 9.95. The number of rotatable bonds is 4. The van der Waals surface area contributed by atoms with Gasteiger partial charge in [0.1, 0.15) is 11.6 Å². The van der Waals surface area contributed by atoms with Crippen molar-refractivity contribution in [1.29, 1.82) is 0 Å². The van der Waals surface area contributed by atoms with Gasteiger partial charge in [-0.2, -0.15) is 0 Å². The second kappa shape index (κ2) is 7.29. The second-order valence-electron chi connectivity index (χ2n) is 6.42. The third-order valence-corrected chi connectivity index (χ3v) is 4.74. The zero-order valence-electron chi connectivity index (χ0n) is 14.0. The van der Waals surface area contributed by atoms with Crippen LogP contribution in [0.5, 0.6) is 0 Å². The Morgan fingerprint density at radius 3 is 2.60 bits per heavy atom. The number of benzene rings is 2. The number of nitrogens with one attached hydrogen (secondary N) is 1. The van der Waals surface area contributed by atoms with Gasteiger partial charge < -0.3 is 11.1 Å². The summed E-state index contributed by atoms with van der Waals surface area (Å²) in [6.07, 6.45) is 0. The van der Waals surface area contributed by atoms with E-state index in [2.05, 4.69) is 5.32 Å². The lowest BCUT2D eigenvalue weighted by Crippen LogP contribution is -2.41. The molecule has 1 fully saturated rings. The Balaban J connectivity index is 1.66. The smallest absolute Gasteiger partial charge is 0.241 e. The zero-order chi connectivity index (χ0) is 18.0. The molecule has 25 heavy (non-hydrogen) atoms. The number of amides is 1. The molecule has 0 saturated carbocycles. The number of carbonyl (C=O) groups is 1.